The fourth-order valence-electron chi connectivity index (χ4n) is 1.87. The summed E-state index contributed by atoms with van der Waals surface area (Å²) in [7, 11) is 1.51. The molecule has 1 fully saturated rings. The van der Waals surface area contributed by atoms with Crippen LogP contribution in [0.1, 0.15) is 0 Å². The Bertz CT molecular complexity index is 307. The lowest BCUT2D eigenvalue weighted by Gasteiger charge is -2.27. The number of nitrogens with one attached hydrogen (secondary N) is 1. The van der Waals surface area contributed by atoms with Gasteiger partial charge in [0.2, 0.25) is 0 Å². The smallest absolute Gasteiger partial charge is 0.323 e. The van der Waals surface area contributed by atoms with Crippen molar-refractivity contribution in [3.05, 3.63) is 0 Å². The van der Waals surface area contributed by atoms with Gasteiger partial charge in [-0.05, 0) is 0 Å². The van der Waals surface area contributed by atoms with Crippen LogP contribution < -0.4 is 5.32 Å². The first kappa shape index (κ1) is 16.7. The minimum atomic E-state index is -1.04. The molecule has 1 rings (SSSR count). The van der Waals surface area contributed by atoms with E-state index in [1.54, 1.807) is 0 Å². The number of carboxylic acids is 1. The van der Waals surface area contributed by atoms with Gasteiger partial charge in [-0.15, -0.1) is 0 Å². The quantitative estimate of drug-likeness (QED) is 0.599. The molecule has 8 heteroatoms. The van der Waals surface area contributed by atoms with Crippen molar-refractivity contribution in [1.82, 2.24) is 15.1 Å². The Hall–Kier alpha value is -1.38. The van der Waals surface area contributed by atoms with Gasteiger partial charge >= 0.3 is 12.0 Å². The Kier molecular flexibility index (Phi) is 7.93. The lowest BCUT2D eigenvalue weighted by molar-refractivity contribution is -0.137. The Morgan fingerprint density at radius 3 is 2.70 bits per heavy atom. The van der Waals surface area contributed by atoms with E-state index < -0.39 is 5.97 Å². The molecular formula is C12H23N3O5. The summed E-state index contributed by atoms with van der Waals surface area (Å²) in [6.45, 7) is 4.61. The van der Waals surface area contributed by atoms with Crippen LogP contribution in [0.2, 0.25) is 0 Å². The predicted octanol–water partition coefficient (Wildman–Crippen LogP) is -0.939. The summed E-state index contributed by atoms with van der Waals surface area (Å²) in [6, 6.07) is -0.377. The number of hydrogen-bond acceptors (Lipinski definition) is 5. The molecule has 0 aliphatic carbocycles. The number of morpholine rings is 1. The fourth-order valence-corrected chi connectivity index (χ4v) is 1.87. The van der Waals surface area contributed by atoms with Crippen LogP contribution in [0.4, 0.5) is 4.79 Å². The first-order chi connectivity index (χ1) is 9.63. The van der Waals surface area contributed by atoms with E-state index in [0.29, 0.717) is 26.4 Å². The SMILES string of the molecule is COCCN(CC(=O)O)C(=O)NCCN1CCOCC1. The number of ether oxygens (including phenoxy) is 2. The predicted molar refractivity (Wildman–Crippen MR) is 71.7 cm³/mol. The molecule has 0 aromatic carbocycles. The number of amides is 2. The molecule has 0 radical (unpaired) electrons. The van der Waals surface area contributed by atoms with Gasteiger partial charge in [0.25, 0.3) is 0 Å². The van der Waals surface area contributed by atoms with Crippen LogP contribution in [-0.2, 0) is 14.3 Å². The van der Waals surface area contributed by atoms with E-state index in [1.807, 2.05) is 0 Å². The lowest BCUT2D eigenvalue weighted by Crippen LogP contribution is -2.47. The van der Waals surface area contributed by atoms with Crippen molar-refractivity contribution in [3.63, 3.8) is 0 Å². The monoisotopic (exact) mass is 289 g/mol. The summed E-state index contributed by atoms with van der Waals surface area (Å²) >= 11 is 0. The van der Waals surface area contributed by atoms with E-state index in [9.17, 15) is 9.59 Å². The number of carbonyl (C=O) groups is 2. The van der Waals surface area contributed by atoms with Gasteiger partial charge in [0.1, 0.15) is 6.54 Å². The van der Waals surface area contributed by atoms with E-state index in [1.165, 1.54) is 12.0 Å². The molecule has 0 aromatic rings. The maximum Gasteiger partial charge on any atom is 0.323 e. The second-order valence-corrected chi connectivity index (χ2v) is 4.49. The van der Waals surface area contributed by atoms with E-state index in [-0.39, 0.29) is 19.1 Å². The highest BCUT2D eigenvalue weighted by Gasteiger charge is 2.16. The molecular weight excluding hydrogens is 266 g/mol. The second kappa shape index (κ2) is 9.51. The van der Waals surface area contributed by atoms with Crippen molar-refractivity contribution in [2.24, 2.45) is 0 Å². The summed E-state index contributed by atoms with van der Waals surface area (Å²) < 4.78 is 10.1. The molecule has 0 unspecified atom stereocenters. The Labute approximate surface area is 118 Å². The third-order valence-electron chi connectivity index (χ3n) is 2.99. The first-order valence-corrected chi connectivity index (χ1v) is 6.67. The number of nitrogens with zero attached hydrogens (tertiary/aromatic N) is 2. The molecule has 0 aromatic heterocycles. The molecule has 0 atom stereocenters. The Morgan fingerprint density at radius 2 is 2.10 bits per heavy atom. The molecule has 0 bridgehead atoms. The van der Waals surface area contributed by atoms with Gasteiger partial charge in [0.05, 0.1) is 19.8 Å². The number of rotatable bonds is 8. The van der Waals surface area contributed by atoms with Gasteiger partial charge in [-0.2, -0.15) is 0 Å². The highest BCUT2D eigenvalue weighted by atomic mass is 16.5. The molecule has 1 aliphatic heterocycles. The van der Waals surface area contributed by atoms with Crippen LogP contribution in [-0.4, -0.2) is 93.1 Å². The van der Waals surface area contributed by atoms with Crippen molar-refractivity contribution < 1.29 is 24.2 Å². The average molecular weight is 289 g/mol. The van der Waals surface area contributed by atoms with E-state index >= 15 is 0 Å². The van der Waals surface area contributed by atoms with Crippen LogP contribution in [0, 0.1) is 0 Å². The number of methoxy groups -OCH3 is 1. The number of carbonyl (C=O) groups excluding carboxylic acids is 1. The second-order valence-electron chi connectivity index (χ2n) is 4.49. The molecule has 2 amide bonds. The third-order valence-corrected chi connectivity index (χ3v) is 2.99. The number of aliphatic carboxylic acids is 1. The van der Waals surface area contributed by atoms with Crippen molar-refractivity contribution >= 4 is 12.0 Å². The molecule has 0 spiro atoms. The lowest BCUT2D eigenvalue weighted by atomic mass is 10.4. The molecule has 2 N–H and O–H groups in total. The fraction of sp³-hybridized carbons (Fsp3) is 0.833. The Morgan fingerprint density at radius 1 is 1.40 bits per heavy atom. The first-order valence-electron chi connectivity index (χ1n) is 6.67. The zero-order chi connectivity index (χ0) is 14.8. The molecule has 116 valence electrons. The maximum absolute atomic E-state index is 11.9. The highest BCUT2D eigenvalue weighted by molar-refractivity contribution is 5.80. The zero-order valence-electron chi connectivity index (χ0n) is 11.8. The van der Waals surface area contributed by atoms with Crippen LogP contribution in [0.25, 0.3) is 0 Å². The van der Waals surface area contributed by atoms with Gasteiger partial charge in [0.15, 0.2) is 0 Å². The van der Waals surface area contributed by atoms with Gasteiger partial charge in [-0.25, -0.2) is 4.79 Å². The summed E-state index contributed by atoms with van der Waals surface area (Å²) in [5.41, 5.74) is 0. The number of urea groups is 1. The summed E-state index contributed by atoms with van der Waals surface area (Å²) in [5, 5.41) is 11.5. The van der Waals surface area contributed by atoms with Crippen molar-refractivity contribution in [1.29, 1.82) is 0 Å². The minimum Gasteiger partial charge on any atom is -0.480 e. The van der Waals surface area contributed by atoms with Crippen LogP contribution in [0.15, 0.2) is 0 Å². The summed E-state index contributed by atoms with van der Waals surface area (Å²) in [6.07, 6.45) is 0. The molecule has 20 heavy (non-hydrogen) atoms. The summed E-state index contributed by atoms with van der Waals surface area (Å²) in [5.74, 6) is -1.04. The van der Waals surface area contributed by atoms with Gasteiger partial charge < -0.3 is 24.8 Å². The van der Waals surface area contributed by atoms with Crippen LogP contribution >= 0.6 is 0 Å². The van der Waals surface area contributed by atoms with Crippen molar-refractivity contribution in [2.75, 3.05) is 66.2 Å². The molecule has 1 heterocycles. The van der Waals surface area contributed by atoms with Crippen LogP contribution in [0.5, 0.6) is 0 Å². The van der Waals surface area contributed by atoms with Gasteiger partial charge in [0, 0.05) is 39.8 Å². The number of carboxylic acid groups (broad SMARTS) is 1. The number of hydrogen-bond donors (Lipinski definition) is 2. The Balaban J connectivity index is 2.26. The highest BCUT2D eigenvalue weighted by Crippen LogP contribution is 1.95. The summed E-state index contributed by atoms with van der Waals surface area (Å²) in [4.78, 5) is 26.0. The van der Waals surface area contributed by atoms with Crippen molar-refractivity contribution in [2.45, 2.75) is 0 Å². The molecule has 0 saturated carbocycles. The van der Waals surface area contributed by atoms with E-state index in [0.717, 1.165) is 19.6 Å². The zero-order valence-corrected chi connectivity index (χ0v) is 11.8. The van der Waals surface area contributed by atoms with E-state index in [2.05, 4.69) is 10.2 Å². The van der Waals surface area contributed by atoms with Gasteiger partial charge in [-0.3, -0.25) is 9.69 Å². The molecule has 1 aliphatic rings. The largest absolute Gasteiger partial charge is 0.480 e. The maximum atomic E-state index is 11.9. The standard InChI is InChI=1S/C12H23N3O5/c1-19-7-6-15(10-11(16)17)12(18)13-2-3-14-4-8-20-9-5-14/h2-10H2,1H3,(H,13,18)(H,16,17). The molecule has 8 nitrogen and oxygen atoms in total. The minimum absolute atomic E-state index is 0.256. The normalized spacial score (nSPS) is 15.8. The van der Waals surface area contributed by atoms with Gasteiger partial charge in [-0.1, -0.05) is 0 Å². The third kappa shape index (κ3) is 6.69. The van der Waals surface area contributed by atoms with Crippen LogP contribution in [0.3, 0.4) is 0 Å². The molecule has 1 saturated heterocycles. The average Bonchev–Trinajstić information content (AvgIpc) is 2.44. The van der Waals surface area contributed by atoms with Crippen molar-refractivity contribution in [3.8, 4) is 0 Å². The topological polar surface area (TPSA) is 91.3 Å². The van der Waals surface area contributed by atoms with E-state index in [4.69, 9.17) is 14.6 Å².